The number of fused-ring (bicyclic) bond motifs is 3. The highest BCUT2D eigenvalue weighted by Crippen LogP contribution is 2.33. The first-order valence-corrected chi connectivity index (χ1v) is 12.1. The number of hydrogen-bond acceptors (Lipinski definition) is 5. The molecule has 0 aliphatic heterocycles. The van der Waals surface area contributed by atoms with Gasteiger partial charge in [-0.1, -0.05) is 91.0 Å². The Morgan fingerprint density at radius 2 is 0.973 bits per heavy atom. The van der Waals surface area contributed by atoms with E-state index in [0.717, 1.165) is 44.1 Å². The molecular weight excluding hydrogens is 456 g/mol. The van der Waals surface area contributed by atoms with Crippen molar-refractivity contribution in [2.75, 3.05) is 0 Å². The molecule has 37 heavy (non-hydrogen) atoms. The molecule has 0 N–H and O–H groups in total. The molecule has 0 aliphatic carbocycles. The SMILES string of the molecule is c1ccc(-c2nc(-c3ccccc3)nc(-c3ccc4c(ccc5nc(-c6ccccc6)oc54)c3)n2)cc1. The third-order valence-electron chi connectivity index (χ3n) is 6.35. The van der Waals surface area contributed by atoms with Gasteiger partial charge in [0.1, 0.15) is 5.52 Å². The number of aromatic nitrogens is 4. The van der Waals surface area contributed by atoms with E-state index < -0.39 is 0 Å². The number of benzene rings is 5. The Bertz CT molecular complexity index is 1810. The smallest absolute Gasteiger partial charge is 0.227 e. The van der Waals surface area contributed by atoms with E-state index in [2.05, 4.69) is 18.2 Å². The monoisotopic (exact) mass is 476 g/mol. The lowest BCUT2D eigenvalue weighted by molar-refractivity contribution is 0.623. The van der Waals surface area contributed by atoms with Gasteiger partial charge in [0.2, 0.25) is 5.89 Å². The summed E-state index contributed by atoms with van der Waals surface area (Å²) in [6, 6.07) is 40.2. The predicted molar refractivity (Wildman–Crippen MR) is 147 cm³/mol. The van der Waals surface area contributed by atoms with Gasteiger partial charge in [-0.25, -0.2) is 19.9 Å². The number of rotatable bonds is 4. The van der Waals surface area contributed by atoms with E-state index in [4.69, 9.17) is 24.4 Å². The Morgan fingerprint density at radius 1 is 0.432 bits per heavy atom. The van der Waals surface area contributed by atoms with E-state index in [-0.39, 0.29) is 0 Å². The molecule has 0 saturated carbocycles. The summed E-state index contributed by atoms with van der Waals surface area (Å²) >= 11 is 0. The minimum atomic E-state index is 0.615. The van der Waals surface area contributed by atoms with E-state index in [1.807, 2.05) is 103 Å². The highest BCUT2D eigenvalue weighted by Gasteiger charge is 2.15. The second kappa shape index (κ2) is 8.81. The number of nitrogens with zero attached hydrogens (tertiary/aromatic N) is 4. The topological polar surface area (TPSA) is 64.7 Å². The summed E-state index contributed by atoms with van der Waals surface area (Å²) in [7, 11) is 0. The second-order valence-electron chi connectivity index (χ2n) is 8.77. The maximum atomic E-state index is 6.21. The van der Waals surface area contributed by atoms with Crippen LogP contribution >= 0.6 is 0 Å². The lowest BCUT2D eigenvalue weighted by atomic mass is 10.1. The average Bonchev–Trinajstić information content (AvgIpc) is 3.43. The molecule has 0 fully saturated rings. The van der Waals surface area contributed by atoms with Crippen LogP contribution in [0.2, 0.25) is 0 Å². The molecule has 0 atom stereocenters. The second-order valence-corrected chi connectivity index (χ2v) is 8.77. The van der Waals surface area contributed by atoms with Crippen LogP contribution in [0, 0.1) is 0 Å². The van der Waals surface area contributed by atoms with Crippen molar-refractivity contribution in [3.63, 3.8) is 0 Å². The van der Waals surface area contributed by atoms with Gasteiger partial charge < -0.3 is 4.42 Å². The van der Waals surface area contributed by atoms with Crippen LogP contribution in [0.25, 0.3) is 67.5 Å². The van der Waals surface area contributed by atoms with Crippen molar-refractivity contribution in [1.29, 1.82) is 0 Å². The van der Waals surface area contributed by atoms with Gasteiger partial charge in [0.15, 0.2) is 23.1 Å². The average molecular weight is 477 g/mol. The lowest BCUT2D eigenvalue weighted by Gasteiger charge is -2.09. The van der Waals surface area contributed by atoms with E-state index in [1.54, 1.807) is 0 Å². The predicted octanol–water partition coefficient (Wildman–Crippen LogP) is 7.83. The molecule has 2 heterocycles. The zero-order chi connectivity index (χ0) is 24.6. The molecule has 0 spiro atoms. The molecule has 7 aromatic rings. The van der Waals surface area contributed by atoms with Gasteiger partial charge in [-0.2, -0.15) is 0 Å². The standard InChI is InChI=1S/C32H20N4O/c1-4-10-21(11-5-1)29-34-30(22-12-6-2-7-13-22)36-31(35-29)25-16-18-26-24(20-25)17-19-27-28(26)37-32(33-27)23-14-8-3-9-15-23/h1-20H. The fourth-order valence-electron chi connectivity index (χ4n) is 4.49. The summed E-state index contributed by atoms with van der Waals surface area (Å²) in [5.74, 6) is 2.52. The summed E-state index contributed by atoms with van der Waals surface area (Å²) < 4.78 is 6.21. The fourth-order valence-corrected chi connectivity index (χ4v) is 4.49. The molecule has 5 aromatic carbocycles. The van der Waals surface area contributed by atoms with E-state index in [9.17, 15) is 0 Å². The molecule has 5 nitrogen and oxygen atoms in total. The quantitative estimate of drug-likeness (QED) is 0.259. The molecule has 0 amide bonds. The zero-order valence-electron chi connectivity index (χ0n) is 19.7. The normalized spacial score (nSPS) is 11.2. The van der Waals surface area contributed by atoms with E-state index in [1.165, 1.54) is 0 Å². The lowest BCUT2D eigenvalue weighted by Crippen LogP contribution is -2.00. The summed E-state index contributed by atoms with van der Waals surface area (Å²) in [5, 5.41) is 2.03. The molecule has 7 rings (SSSR count). The zero-order valence-corrected chi connectivity index (χ0v) is 19.7. The van der Waals surface area contributed by atoms with Crippen molar-refractivity contribution in [2.45, 2.75) is 0 Å². The van der Waals surface area contributed by atoms with Gasteiger partial charge in [-0.3, -0.25) is 0 Å². The van der Waals surface area contributed by atoms with Crippen molar-refractivity contribution >= 4 is 21.9 Å². The Balaban J connectivity index is 1.37. The molecule has 0 unspecified atom stereocenters. The van der Waals surface area contributed by atoms with Crippen LogP contribution in [0.1, 0.15) is 0 Å². The van der Waals surface area contributed by atoms with Crippen molar-refractivity contribution in [1.82, 2.24) is 19.9 Å². The van der Waals surface area contributed by atoms with Gasteiger partial charge in [0.05, 0.1) is 0 Å². The van der Waals surface area contributed by atoms with Crippen LogP contribution in [-0.4, -0.2) is 19.9 Å². The Morgan fingerprint density at radius 3 is 1.57 bits per heavy atom. The highest BCUT2D eigenvalue weighted by atomic mass is 16.3. The van der Waals surface area contributed by atoms with Crippen LogP contribution in [0.15, 0.2) is 126 Å². The Kier molecular flexibility index (Phi) is 5.03. The van der Waals surface area contributed by atoms with Crippen LogP contribution in [0.5, 0.6) is 0 Å². The summed E-state index contributed by atoms with van der Waals surface area (Å²) in [6.45, 7) is 0. The minimum absolute atomic E-state index is 0.615. The van der Waals surface area contributed by atoms with Crippen LogP contribution in [-0.2, 0) is 0 Å². The number of hydrogen-bond donors (Lipinski definition) is 0. The van der Waals surface area contributed by atoms with Gasteiger partial charge in [0, 0.05) is 27.6 Å². The Labute approximate surface area is 213 Å². The van der Waals surface area contributed by atoms with Crippen LogP contribution in [0.4, 0.5) is 0 Å². The Hall–Kier alpha value is -5.16. The molecule has 0 bridgehead atoms. The maximum Gasteiger partial charge on any atom is 0.227 e. The van der Waals surface area contributed by atoms with E-state index >= 15 is 0 Å². The first-order valence-electron chi connectivity index (χ1n) is 12.1. The first-order chi connectivity index (χ1) is 18.3. The van der Waals surface area contributed by atoms with Crippen molar-refractivity contribution in [2.24, 2.45) is 0 Å². The molecular formula is C32H20N4O. The minimum Gasteiger partial charge on any atom is -0.435 e. The molecule has 174 valence electrons. The maximum absolute atomic E-state index is 6.21. The van der Waals surface area contributed by atoms with E-state index in [0.29, 0.717) is 23.4 Å². The largest absolute Gasteiger partial charge is 0.435 e. The molecule has 0 aliphatic rings. The van der Waals surface area contributed by atoms with Crippen molar-refractivity contribution in [3.05, 3.63) is 121 Å². The third-order valence-corrected chi connectivity index (χ3v) is 6.35. The molecule has 0 radical (unpaired) electrons. The highest BCUT2D eigenvalue weighted by molar-refractivity contribution is 6.04. The molecule has 0 saturated heterocycles. The summed E-state index contributed by atoms with van der Waals surface area (Å²) in [5.41, 5.74) is 5.36. The fraction of sp³-hybridized carbons (Fsp3) is 0. The van der Waals surface area contributed by atoms with Crippen molar-refractivity contribution < 1.29 is 4.42 Å². The molecule has 2 aromatic heterocycles. The summed E-state index contributed by atoms with van der Waals surface area (Å²) in [4.78, 5) is 19.2. The third kappa shape index (κ3) is 3.93. The first kappa shape index (κ1) is 21.1. The van der Waals surface area contributed by atoms with Gasteiger partial charge >= 0.3 is 0 Å². The van der Waals surface area contributed by atoms with Gasteiger partial charge in [-0.05, 0) is 35.7 Å². The van der Waals surface area contributed by atoms with Crippen molar-refractivity contribution in [3.8, 4) is 45.6 Å². The van der Waals surface area contributed by atoms with Crippen LogP contribution in [0.3, 0.4) is 0 Å². The van der Waals surface area contributed by atoms with Crippen LogP contribution < -0.4 is 0 Å². The van der Waals surface area contributed by atoms with Gasteiger partial charge in [0.25, 0.3) is 0 Å². The van der Waals surface area contributed by atoms with Gasteiger partial charge in [-0.15, -0.1) is 0 Å². The molecule has 5 heteroatoms. The summed E-state index contributed by atoms with van der Waals surface area (Å²) in [6.07, 6.45) is 0. The number of oxazole rings is 1.